The first kappa shape index (κ1) is 17.5. The van der Waals surface area contributed by atoms with Crippen molar-refractivity contribution < 1.29 is 9.18 Å². The Morgan fingerprint density at radius 3 is 2.40 bits per heavy atom. The molecule has 0 radical (unpaired) electrons. The summed E-state index contributed by atoms with van der Waals surface area (Å²) in [5.41, 5.74) is 1.72. The number of aromatic nitrogens is 1. The second-order valence-corrected chi connectivity index (χ2v) is 6.77. The Bertz CT molecular complexity index is 712. The van der Waals surface area contributed by atoms with Crippen molar-refractivity contribution in [3.8, 4) is 0 Å². The molecule has 1 amide bonds. The first-order chi connectivity index (χ1) is 12.1. The van der Waals surface area contributed by atoms with E-state index < -0.39 is 6.04 Å². The van der Waals surface area contributed by atoms with Crippen molar-refractivity contribution in [2.24, 2.45) is 0 Å². The van der Waals surface area contributed by atoms with E-state index in [0.717, 1.165) is 12.8 Å². The molecule has 1 aromatic carbocycles. The highest BCUT2D eigenvalue weighted by atomic mass is 19.1. The molecular weight excluding hydrogens is 317 g/mol. The van der Waals surface area contributed by atoms with Gasteiger partial charge in [-0.3, -0.25) is 14.7 Å². The average molecular weight is 341 g/mol. The minimum absolute atomic E-state index is 0.0247. The van der Waals surface area contributed by atoms with Crippen LogP contribution in [0.1, 0.15) is 35.9 Å². The number of halogens is 1. The lowest BCUT2D eigenvalue weighted by Crippen LogP contribution is -2.44. The minimum atomic E-state index is -0.585. The minimum Gasteiger partial charge on any atom is -0.341 e. The molecule has 0 aliphatic carbocycles. The lowest BCUT2D eigenvalue weighted by Gasteiger charge is -2.36. The maximum atomic E-state index is 14.2. The topological polar surface area (TPSA) is 36.4 Å². The molecule has 1 aromatic heterocycles. The molecule has 3 rings (SSSR count). The van der Waals surface area contributed by atoms with Crippen LogP contribution in [0.2, 0.25) is 0 Å². The summed E-state index contributed by atoms with van der Waals surface area (Å²) >= 11 is 0. The lowest BCUT2D eigenvalue weighted by atomic mass is 9.89. The third-order valence-electron chi connectivity index (χ3n) is 4.93. The predicted octanol–water partition coefficient (Wildman–Crippen LogP) is 3.23. The standard InChI is InChI=1S/C20H24FN3O/c1-23(2)19(17-5-3-4-6-18(17)21)20(25)24-13-9-16(10-14-24)15-7-11-22-12-8-15/h3-8,11-12,16,19H,9-10,13-14H2,1-2H3/t19-/m1/s1. The summed E-state index contributed by atoms with van der Waals surface area (Å²) in [7, 11) is 3.64. The van der Waals surface area contributed by atoms with E-state index in [1.54, 1.807) is 23.1 Å². The summed E-state index contributed by atoms with van der Waals surface area (Å²) in [5.74, 6) is 0.0998. The zero-order valence-corrected chi connectivity index (χ0v) is 14.7. The third kappa shape index (κ3) is 3.87. The van der Waals surface area contributed by atoms with E-state index in [2.05, 4.69) is 4.98 Å². The molecule has 0 saturated carbocycles. The van der Waals surface area contributed by atoms with E-state index in [-0.39, 0.29) is 11.7 Å². The number of likely N-dealkylation sites (tertiary alicyclic amines) is 1. The van der Waals surface area contributed by atoms with Crippen LogP contribution in [-0.4, -0.2) is 47.9 Å². The van der Waals surface area contributed by atoms with Gasteiger partial charge in [-0.2, -0.15) is 0 Å². The highest BCUT2D eigenvalue weighted by Gasteiger charge is 2.32. The summed E-state index contributed by atoms with van der Waals surface area (Å²) in [4.78, 5) is 20.8. The number of benzene rings is 1. The Kier molecular flexibility index (Phi) is 5.43. The van der Waals surface area contributed by atoms with E-state index in [1.807, 2.05) is 43.5 Å². The van der Waals surface area contributed by atoms with Crippen molar-refractivity contribution in [2.45, 2.75) is 24.8 Å². The highest BCUT2D eigenvalue weighted by Crippen LogP contribution is 2.30. The van der Waals surface area contributed by atoms with E-state index in [9.17, 15) is 9.18 Å². The molecule has 1 fully saturated rings. The molecule has 132 valence electrons. The molecule has 25 heavy (non-hydrogen) atoms. The number of carbonyl (C=O) groups excluding carboxylic acids is 1. The van der Waals surface area contributed by atoms with Crippen molar-refractivity contribution in [1.82, 2.24) is 14.8 Å². The number of carbonyl (C=O) groups is 1. The maximum Gasteiger partial charge on any atom is 0.244 e. The summed E-state index contributed by atoms with van der Waals surface area (Å²) in [5, 5.41) is 0. The summed E-state index contributed by atoms with van der Waals surface area (Å²) in [6.45, 7) is 1.40. The van der Waals surface area contributed by atoms with Gasteiger partial charge in [0.1, 0.15) is 11.9 Å². The number of nitrogens with zero attached hydrogens (tertiary/aromatic N) is 3. The van der Waals surface area contributed by atoms with Crippen LogP contribution in [0.5, 0.6) is 0 Å². The van der Waals surface area contributed by atoms with Crippen LogP contribution in [0.15, 0.2) is 48.8 Å². The van der Waals surface area contributed by atoms with Crippen LogP contribution in [0.25, 0.3) is 0 Å². The Morgan fingerprint density at radius 2 is 1.80 bits per heavy atom. The van der Waals surface area contributed by atoms with Gasteiger partial charge in [0.15, 0.2) is 0 Å². The Labute approximate surface area is 148 Å². The summed E-state index contributed by atoms with van der Waals surface area (Å²) in [6.07, 6.45) is 5.47. The van der Waals surface area contributed by atoms with Crippen LogP contribution in [0, 0.1) is 5.82 Å². The molecule has 0 spiro atoms. The summed E-state index contributed by atoms with van der Waals surface area (Å²) < 4.78 is 14.2. The number of likely N-dealkylation sites (N-methyl/N-ethyl adjacent to an activating group) is 1. The normalized spacial score (nSPS) is 16.9. The van der Waals surface area contributed by atoms with Gasteiger partial charge in [-0.25, -0.2) is 4.39 Å². The number of hydrogen-bond donors (Lipinski definition) is 0. The molecule has 1 aliphatic rings. The number of pyridine rings is 1. The fourth-order valence-electron chi connectivity index (χ4n) is 3.57. The van der Waals surface area contributed by atoms with E-state index in [0.29, 0.717) is 24.6 Å². The van der Waals surface area contributed by atoms with Crippen LogP contribution in [-0.2, 0) is 4.79 Å². The Morgan fingerprint density at radius 1 is 1.16 bits per heavy atom. The van der Waals surface area contributed by atoms with Crippen LogP contribution >= 0.6 is 0 Å². The third-order valence-corrected chi connectivity index (χ3v) is 4.93. The monoisotopic (exact) mass is 341 g/mol. The maximum absolute atomic E-state index is 14.2. The summed E-state index contributed by atoms with van der Waals surface area (Å²) in [6, 6.07) is 10.0. The molecule has 1 aliphatic heterocycles. The lowest BCUT2D eigenvalue weighted by molar-refractivity contribution is -0.137. The molecule has 2 aromatic rings. The number of amides is 1. The van der Waals surface area contributed by atoms with E-state index >= 15 is 0 Å². The van der Waals surface area contributed by atoms with Crippen LogP contribution in [0.3, 0.4) is 0 Å². The fourth-order valence-corrected chi connectivity index (χ4v) is 3.57. The quantitative estimate of drug-likeness (QED) is 0.857. The van der Waals surface area contributed by atoms with Crippen LogP contribution in [0.4, 0.5) is 4.39 Å². The van der Waals surface area contributed by atoms with Gasteiger partial charge in [-0.05, 0) is 56.6 Å². The van der Waals surface area contributed by atoms with Gasteiger partial charge in [0.25, 0.3) is 0 Å². The molecule has 5 heteroatoms. The average Bonchev–Trinajstić information content (AvgIpc) is 2.64. The van der Waals surface area contributed by atoms with Crippen molar-refractivity contribution in [3.05, 3.63) is 65.7 Å². The van der Waals surface area contributed by atoms with Gasteiger partial charge < -0.3 is 4.90 Å². The number of piperidine rings is 1. The zero-order valence-electron chi connectivity index (χ0n) is 14.7. The van der Waals surface area contributed by atoms with Gasteiger partial charge in [0, 0.05) is 31.0 Å². The molecule has 0 bridgehead atoms. The molecule has 1 saturated heterocycles. The predicted molar refractivity (Wildman–Crippen MR) is 95.6 cm³/mol. The van der Waals surface area contributed by atoms with Gasteiger partial charge in [-0.15, -0.1) is 0 Å². The van der Waals surface area contributed by atoms with Gasteiger partial charge >= 0.3 is 0 Å². The van der Waals surface area contributed by atoms with Crippen LogP contribution < -0.4 is 0 Å². The molecule has 0 N–H and O–H groups in total. The Balaban J connectivity index is 1.71. The fraction of sp³-hybridized carbons (Fsp3) is 0.400. The zero-order chi connectivity index (χ0) is 17.8. The van der Waals surface area contributed by atoms with Gasteiger partial charge in [0.2, 0.25) is 5.91 Å². The first-order valence-corrected chi connectivity index (χ1v) is 8.67. The van der Waals surface area contributed by atoms with E-state index in [1.165, 1.54) is 11.6 Å². The smallest absolute Gasteiger partial charge is 0.244 e. The molecule has 1 atom stereocenters. The van der Waals surface area contributed by atoms with Crippen molar-refractivity contribution in [2.75, 3.05) is 27.2 Å². The van der Waals surface area contributed by atoms with Crippen molar-refractivity contribution in [3.63, 3.8) is 0 Å². The highest BCUT2D eigenvalue weighted by molar-refractivity contribution is 5.83. The second-order valence-electron chi connectivity index (χ2n) is 6.77. The SMILES string of the molecule is CN(C)[C@@H](C(=O)N1CCC(c2ccncc2)CC1)c1ccccc1F. The second kappa shape index (κ2) is 7.74. The largest absolute Gasteiger partial charge is 0.341 e. The van der Waals surface area contributed by atoms with Crippen molar-refractivity contribution >= 4 is 5.91 Å². The Hall–Kier alpha value is -2.27. The molecule has 0 unspecified atom stereocenters. The van der Waals surface area contributed by atoms with Crippen molar-refractivity contribution in [1.29, 1.82) is 0 Å². The van der Waals surface area contributed by atoms with Gasteiger partial charge in [-0.1, -0.05) is 18.2 Å². The number of rotatable bonds is 4. The first-order valence-electron chi connectivity index (χ1n) is 8.67. The molecular formula is C20H24FN3O. The van der Waals surface area contributed by atoms with Gasteiger partial charge in [0.05, 0.1) is 0 Å². The van der Waals surface area contributed by atoms with E-state index in [4.69, 9.17) is 0 Å². The molecule has 4 nitrogen and oxygen atoms in total. The number of hydrogen-bond acceptors (Lipinski definition) is 3. The molecule has 2 heterocycles.